The molecule has 0 atom stereocenters. The summed E-state index contributed by atoms with van der Waals surface area (Å²) in [5.74, 6) is -0.811. The van der Waals surface area contributed by atoms with E-state index in [0.717, 1.165) is 18.2 Å². The number of amides is 1. The van der Waals surface area contributed by atoms with E-state index in [2.05, 4.69) is 10.6 Å². The van der Waals surface area contributed by atoms with E-state index in [4.69, 9.17) is 21.7 Å². The van der Waals surface area contributed by atoms with Gasteiger partial charge in [-0.25, -0.2) is 0 Å². The zero-order valence-corrected chi connectivity index (χ0v) is 18.1. The number of nitrogens with one attached hydrogen (secondary N) is 2. The van der Waals surface area contributed by atoms with E-state index in [9.17, 15) is 28.1 Å². The van der Waals surface area contributed by atoms with Crippen LogP contribution < -0.4 is 20.3 Å². The second kappa shape index (κ2) is 10.0. The van der Waals surface area contributed by atoms with Crippen LogP contribution in [0.3, 0.4) is 0 Å². The fraction of sp³-hybridized carbons (Fsp3) is 0.300. The van der Waals surface area contributed by atoms with Crippen LogP contribution in [-0.2, 0) is 10.9 Å². The van der Waals surface area contributed by atoms with Gasteiger partial charge in [0.1, 0.15) is 0 Å². The molecule has 2 N–H and O–H groups in total. The number of carbonyl (C=O) groups is 1. The number of methoxy groups -OCH3 is 1. The molecule has 1 amide bonds. The normalized spacial score (nSPS) is 13.9. The molecule has 2 aromatic carbocycles. The third kappa shape index (κ3) is 5.87. The van der Waals surface area contributed by atoms with E-state index >= 15 is 0 Å². The first-order chi connectivity index (χ1) is 15.6. The lowest BCUT2D eigenvalue weighted by Crippen LogP contribution is -2.38. The molecule has 176 valence electrons. The molecule has 0 aromatic heterocycles. The number of halogens is 3. The molecule has 2 aromatic rings. The molecule has 0 unspecified atom stereocenters. The smallest absolute Gasteiger partial charge is 0.416 e. The molecule has 0 aliphatic carbocycles. The Balaban J connectivity index is 1.82. The number of carbonyl (C=O) groups excluding carboxylic acids is 1. The number of rotatable bonds is 5. The fourth-order valence-corrected chi connectivity index (χ4v) is 3.40. The Labute approximate surface area is 191 Å². The number of nitrogens with zero attached hydrogens (tertiary/aromatic N) is 2. The van der Waals surface area contributed by atoms with Crippen LogP contribution in [0.1, 0.15) is 15.9 Å². The summed E-state index contributed by atoms with van der Waals surface area (Å²) in [6, 6.07) is 6.77. The molecule has 1 aliphatic rings. The van der Waals surface area contributed by atoms with E-state index in [1.807, 2.05) is 4.90 Å². The number of ether oxygens (including phenoxy) is 2. The molecule has 1 heterocycles. The second-order valence-corrected chi connectivity index (χ2v) is 7.29. The van der Waals surface area contributed by atoms with Crippen molar-refractivity contribution in [2.24, 2.45) is 0 Å². The number of hydrogen-bond acceptors (Lipinski definition) is 7. The molecule has 1 saturated heterocycles. The number of anilines is 2. The van der Waals surface area contributed by atoms with Crippen molar-refractivity contribution in [2.75, 3.05) is 43.6 Å². The maximum Gasteiger partial charge on any atom is 0.416 e. The highest BCUT2D eigenvalue weighted by Crippen LogP contribution is 2.36. The minimum Gasteiger partial charge on any atom is -0.490 e. The van der Waals surface area contributed by atoms with Crippen LogP contribution in [-0.4, -0.2) is 49.4 Å². The van der Waals surface area contributed by atoms with E-state index in [1.54, 1.807) is 0 Å². The van der Waals surface area contributed by atoms with Crippen LogP contribution in [0.25, 0.3) is 0 Å². The van der Waals surface area contributed by atoms with Gasteiger partial charge in [0.2, 0.25) is 0 Å². The monoisotopic (exact) mass is 484 g/mol. The van der Waals surface area contributed by atoms with Crippen molar-refractivity contribution in [3.8, 4) is 5.75 Å². The van der Waals surface area contributed by atoms with Crippen molar-refractivity contribution in [2.45, 2.75) is 6.18 Å². The highest BCUT2D eigenvalue weighted by atomic mass is 32.1. The largest absolute Gasteiger partial charge is 0.490 e. The first-order valence-corrected chi connectivity index (χ1v) is 9.99. The van der Waals surface area contributed by atoms with Gasteiger partial charge in [-0.1, -0.05) is 0 Å². The quantitative estimate of drug-likeness (QED) is 0.377. The van der Waals surface area contributed by atoms with E-state index < -0.39 is 28.3 Å². The summed E-state index contributed by atoms with van der Waals surface area (Å²) < 4.78 is 49.9. The molecular weight excluding hydrogens is 465 g/mol. The van der Waals surface area contributed by atoms with Gasteiger partial charge in [0.05, 0.1) is 42.2 Å². The van der Waals surface area contributed by atoms with E-state index in [-0.39, 0.29) is 22.1 Å². The number of nitro benzene ring substituents is 1. The van der Waals surface area contributed by atoms with Crippen molar-refractivity contribution in [3.63, 3.8) is 0 Å². The number of thiocarbonyl (C=S) groups is 1. The van der Waals surface area contributed by atoms with Crippen LogP contribution in [0.4, 0.5) is 30.2 Å². The number of nitro groups is 1. The third-order valence-corrected chi connectivity index (χ3v) is 4.99. The van der Waals surface area contributed by atoms with Gasteiger partial charge in [0.25, 0.3) is 5.91 Å². The summed E-state index contributed by atoms with van der Waals surface area (Å²) >= 11 is 5.12. The highest BCUT2D eigenvalue weighted by Gasteiger charge is 2.32. The Kier molecular flexibility index (Phi) is 7.33. The Morgan fingerprint density at radius 3 is 2.52 bits per heavy atom. The standard InChI is InChI=1S/C20H19F3N4O5S/c1-31-17-5-2-12(10-16(17)27(29)30)18(28)25-19(33)24-14-11-13(20(21,22)23)3-4-15(14)26-6-8-32-9-7-26/h2-5,10-11H,6-9H2,1H3,(H2,24,25,28,33). The average molecular weight is 484 g/mol. The van der Waals surface area contributed by atoms with Gasteiger partial charge in [0.15, 0.2) is 10.9 Å². The Hall–Kier alpha value is -3.45. The summed E-state index contributed by atoms with van der Waals surface area (Å²) in [6.45, 7) is 1.76. The highest BCUT2D eigenvalue weighted by molar-refractivity contribution is 7.80. The minimum atomic E-state index is -4.58. The van der Waals surface area contributed by atoms with Crippen molar-refractivity contribution >= 4 is 40.3 Å². The van der Waals surface area contributed by atoms with Crippen LogP contribution in [0.2, 0.25) is 0 Å². The molecule has 0 saturated carbocycles. The summed E-state index contributed by atoms with van der Waals surface area (Å²) in [5.41, 5.74) is -0.872. The van der Waals surface area contributed by atoms with E-state index in [0.29, 0.717) is 32.0 Å². The lowest BCUT2D eigenvalue weighted by atomic mass is 10.1. The fourth-order valence-electron chi connectivity index (χ4n) is 3.20. The maximum atomic E-state index is 13.2. The van der Waals surface area contributed by atoms with Crippen LogP contribution in [0, 0.1) is 10.1 Å². The first kappa shape index (κ1) is 24.2. The Bertz CT molecular complexity index is 1070. The zero-order valence-electron chi connectivity index (χ0n) is 17.3. The molecule has 1 fully saturated rings. The average Bonchev–Trinajstić information content (AvgIpc) is 2.78. The minimum absolute atomic E-state index is 0.0311. The van der Waals surface area contributed by atoms with Gasteiger partial charge in [-0.05, 0) is 42.5 Å². The number of alkyl halides is 3. The second-order valence-electron chi connectivity index (χ2n) is 6.88. The van der Waals surface area contributed by atoms with Crippen molar-refractivity contribution < 1.29 is 32.4 Å². The van der Waals surface area contributed by atoms with Gasteiger partial charge in [-0.2, -0.15) is 13.2 Å². The van der Waals surface area contributed by atoms with Crippen LogP contribution in [0.5, 0.6) is 5.75 Å². The SMILES string of the molecule is COc1ccc(C(=O)NC(=S)Nc2cc(C(F)(F)F)ccc2N2CCOCC2)cc1[N+](=O)[O-]. The number of benzene rings is 2. The zero-order chi connectivity index (χ0) is 24.2. The molecule has 1 aliphatic heterocycles. The van der Waals surface area contributed by atoms with Gasteiger partial charge in [-0.15, -0.1) is 0 Å². The molecule has 0 radical (unpaired) electrons. The van der Waals surface area contributed by atoms with Gasteiger partial charge >= 0.3 is 11.9 Å². The summed E-state index contributed by atoms with van der Waals surface area (Å²) in [4.78, 5) is 24.8. The number of morpholine rings is 1. The van der Waals surface area contributed by atoms with E-state index in [1.165, 1.54) is 25.3 Å². The van der Waals surface area contributed by atoms with Crippen molar-refractivity contribution in [1.82, 2.24) is 5.32 Å². The first-order valence-electron chi connectivity index (χ1n) is 9.59. The molecule has 33 heavy (non-hydrogen) atoms. The van der Waals surface area contributed by atoms with Crippen LogP contribution in [0.15, 0.2) is 36.4 Å². The van der Waals surface area contributed by atoms with Crippen molar-refractivity contribution in [3.05, 3.63) is 57.6 Å². The van der Waals surface area contributed by atoms with Gasteiger partial charge in [0, 0.05) is 24.7 Å². The predicted molar refractivity (Wildman–Crippen MR) is 118 cm³/mol. The van der Waals surface area contributed by atoms with Crippen molar-refractivity contribution in [1.29, 1.82) is 0 Å². The Morgan fingerprint density at radius 2 is 1.91 bits per heavy atom. The Morgan fingerprint density at radius 1 is 1.21 bits per heavy atom. The molecule has 3 rings (SSSR count). The van der Waals surface area contributed by atoms with Gasteiger partial charge < -0.3 is 19.7 Å². The maximum absolute atomic E-state index is 13.2. The predicted octanol–water partition coefficient (Wildman–Crippen LogP) is 3.59. The van der Waals surface area contributed by atoms with Gasteiger partial charge in [-0.3, -0.25) is 20.2 Å². The summed E-state index contributed by atoms with van der Waals surface area (Å²) in [6.07, 6.45) is -4.58. The molecule has 9 nitrogen and oxygen atoms in total. The lowest BCUT2D eigenvalue weighted by molar-refractivity contribution is -0.385. The summed E-state index contributed by atoms with van der Waals surface area (Å²) in [7, 11) is 1.25. The molecule has 13 heteroatoms. The number of hydrogen-bond donors (Lipinski definition) is 2. The molecule has 0 bridgehead atoms. The molecule has 0 spiro atoms. The lowest BCUT2D eigenvalue weighted by Gasteiger charge is -2.31. The topological polar surface area (TPSA) is 106 Å². The van der Waals surface area contributed by atoms with Crippen LogP contribution >= 0.6 is 12.2 Å². The third-order valence-electron chi connectivity index (χ3n) is 4.79. The summed E-state index contributed by atoms with van der Waals surface area (Å²) in [5, 5.41) is 15.9. The molecular formula is C20H19F3N4O5S.